The summed E-state index contributed by atoms with van der Waals surface area (Å²) in [6, 6.07) is 0. The number of amidine groups is 1. The molecule has 0 bridgehead atoms. The van der Waals surface area contributed by atoms with E-state index in [9.17, 15) is 4.79 Å². The lowest BCUT2D eigenvalue weighted by atomic mass is 10.3. The minimum absolute atomic E-state index is 0.00755. The first-order valence-corrected chi connectivity index (χ1v) is 4.87. The van der Waals surface area contributed by atoms with Crippen LogP contribution in [0.4, 0.5) is 0 Å². The summed E-state index contributed by atoms with van der Waals surface area (Å²) in [6.07, 6.45) is 4.74. The molecule has 1 fully saturated rings. The predicted molar refractivity (Wildman–Crippen MR) is 46.7 cm³/mol. The Morgan fingerprint density at radius 1 is 1.73 bits per heavy atom. The van der Waals surface area contributed by atoms with Crippen LogP contribution in [0, 0.1) is 11.3 Å². The van der Waals surface area contributed by atoms with Crippen LogP contribution in [-0.2, 0) is 4.79 Å². The lowest BCUT2D eigenvalue weighted by Gasteiger charge is -2.01. The molecule has 0 heterocycles. The molecule has 1 amide bonds. The zero-order valence-corrected chi connectivity index (χ0v) is 7.33. The Kier molecular flexibility index (Phi) is 2.93. The lowest BCUT2D eigenvalue weighted by Crippen LogP contribution is -2.27. The molecule has 11 heavy (non-hydrogen) atoms. The standard InChI is InChI=1S/C7H12N2OS/c1-11-7(8)9-6(10)4-5-2-3-5/h5H,2-4H2,1H3,(H2,8,9,10). The average molecular weight is 172 g/mol. The molecule has 0 aromatic carbocycles. The van der Waals surface area contributed by atoms with Gasteiger partial charge in [0.25, 0.3) is 0 Å². The maximum absolute atomic E-state index is 11.0. The van der Waals surface area contributed by atoms with Crippen LogP contribution in [0.1, 0.15) is 19.3 Å². The van der Waals surface area contributed by atoms with Crippen LogP contribution in [0.3, 0.4) is 0 Å². The summed E-state index contributed by atoms with van der Waals surface area (Å²) in [5.74, 6) is 0.594. The van der Waals surface area contributed by atoms with Gasteiger partial charge in [0.15, 0.2) is 5.17 Å². The van der Waals surface area contributed by atoms with Gasteiger partial charge in [-0.3, -0.25) is 10.2 Å². The maximum Gasteiger partial charge on any atom is 0.226 e. The Labute approximate surface area is 70.4 Å². The Hall–Kier alpha value is -0.510. The minimum Gasteiger partial charge on any atom is -0.306 e. The zero-order valence-electron chi connectivity index (χ0n) is 6.52. The molecule has 1 rings (SSSR count). The van der Waals surface area contributed by atoms with E-state index in [0.29, 0.717) is 12.3 Å². The van der Waals surface area contributed by atoms with E-state index in [2.05, 4.69) is 5.32 Å². The first-order valence-electron chi connectivity index (χ1n) is 3.64. The topological polar surface area (TPSA) is 53.0 Å². The second-order valence-electron chi connectivity index (χ2n) is 2.73. The van der Waals surface area contributed by atoms with Crippen LogP contribution in [0.2, 0.25) is 0 Å². The first kappa shape index (κ1) is 8.59. The van der Waals surface area contributed by atoms with E-state index < -0.39 is 0 Å². The van der Waals surface area contributed by atoms with Gasteiger partial charge in [0.2, 0.25) is 5.91 Å². The monoisotopic (exact) mass is 172 g/mol. The quantitative estimate of drug-likeness (QED) is 0.486. The molecule has 0 aromatic rings. The predicted octanol–water partition coefficient (Wildman–Crippen LogP) is 1.20. The molecule has 2 N–H and O–H groups in total. The van der Waals surface area contributed by atoms with E-state index in [4.69, 9.17) is 5.41 Å². The van der Waals surface area contributed by atoms with E-state index in [1.807, 2.05) is 0 Å². The van der Waals surface area contributed by atoms with Gasteiger partial charge >= 0.3 is 0 Å². The summed E-state index contributed by atoms with van der Waals surface area (Å²) in [4.78, 5) is 11.0. The van der Waals surface area contributed by atoms with Gasteiger partial charge in [-0.05, 0) is 25.0 Å². The molecule has 0 saturated heterocycles. The highest BCUT2D eigenvalue weighted by Gasteiger charge is 2.24. The highest BCUT2D eigenvalue weighted by molar-refractivity contribution is 8.13. The minimum atomic E-state index is -0.00755. The van der Waals surface area contributed by atoms with Crippen molar-refractivity contribution in [3.05, 3.63) is 0 Å². The summed E-state index contributed by atoms with van der Waals surface area (Å²) in [7, 11) is 0. The number of carbonyl (C=O) groups is 1. The first-order chi connectivity index (χ1) is 5.22. The molecule has 62 valence electrons. The summed E-state index contributed by atoms with van der Waals surface area (Å²) < 4.78 is 0. The zero-order chi connectivity index (χ0) is 8.27. The molecule has 1 aliphatic rings. The third kappa shape index (κ3) is 3.41. The molecule has 4 heteroatoms. The van der Waals surface area contributed by atoms with Crippen LogP contribution in [0.15, 0.2) is 0 Å². The van der Waals surface area contributed by atoms with Gasteiger partial charge in [0.05, 0.1) is 0 Å². The molecule has 0 aliphatic heterocycles. The fourth-order valence-electron chi connectivity index (χ4n) is 0.813. The molecule has 0 atom stereocenters. The lowest BCUT2D eigenvalue weighted by molar-refractivity contribution is -0.119. The molecular formula is C7H12N2OS. The normalized spacial score (nSPS) is 16.1. The Balaban J connectivity index is 2.13. The summed E-state index contributed by atoms with van der Waals surface area (Å²) >= 11 is 1.25. The van der Waals surface area contributed by atoms with Crippen LogP contribution >= 0.6 is 11.8 Å². The summed E-state index contributed by atoms with van der Waals surface area (Å²) in [5, 5.41) is 9.92. The van der Waals surface area contributed by atoms with Gasteiger partial charge < -0.3 is 5.32 Å². The van der Waals surface area contributed by atoms with Gasteiger partial charge in [-0.15, -0.1) is 0 Å². The van der Waals surface area contributed by atoms with Crippen molar-refractivity contribution in [1.82, 2.24) is 5.32 Å². The number of thioether (sulfide) groups is 1. The summed E-state index contributed by atoms with van der Waals surface area (Å²) in [5.41, 5.74) is 0. The highest BCUT2D eigenvalue weighted by Crippen LogP contribution is 2.32. The Morgan fingerprint density at radius 3 is 2.82 bits per heavy atom. The van der Waals surface area contributed by atoms with Gasteiger partial charge in [-0.2, -0.15) is 0 Å². The van der Waals surface area contributed by atoms with Crippen LogP contribution < -0.4 is 5.32 Å². The maximum atomic E-state index is 11.0. The van der Waals surface area contributed by atoms with Crippen molar-refractivity contribution in [2.24, 2.45) is 5.92 Å². The fraction of sp³-hybridized carbons (Fsp3) is 0.714. The van der Waals surface area contributed by atoms with Crippen molar-refractivity contribution >= 4 is 22.8 Å². The molecule has 1 saturated carbocycles. The van der Waals surface area contributed by atoms with Crippen LogP contribution in [0.5, 0.6) is 0 Å². The molecule has 0 aromatic heterocycles. The van der Waals surface area contributed by atoms with Gasteiger partial charge in [-0.25, -0.2) is 0 Å². The smallest absolute Gasteiger partial charge is 0.226 e. The van der Waals surface area contributed by atoms with Crippen LogP contribution in [0.25, 0.3) is 0 Å². The second-order valence-corrected chi connectivity index (χ2v) is 3.55. The van der Waals surface area contributed by atoms with Gasteiger partial charge in [0, 0.05) is 6.42 Å². The third-order valence-corrected chi connectivity index (χ3v) is 2.14. The highest BCUT2D eigenvalue weighted by atomic mass is 32.2. The molecule has 0 radical (unpaired) electrons. The van der Waals surface area contributed by atoms with Crippen molar-refractivity contribution in [2.75, 3.05) is 6.26 Å². The van der Waals surface area contributed by atoms with Gasteiger partial charge in [-0.1, -0.05) is 11.8 Å². The van der Waals surface area contributed by atoms with E-state index >= 15 is 0 Å². The van der Waals surface area contributed by atoms with Crippen LogP contribution in [-0.4, -0.2) is 17.3 Å². The molecular weight excluding hydrogens is 160 g/mol. The second kappa shape index (κ2) is 3.76. The third-order valence-electron chi connectivity index (χ3n) is 1.63. The number of rotatable bonds is 2. The van der Waals surface area contributed by atoms with E-state index in [1.165, 1.54) is 24.6 Å². The van der Waals surface area contributed by atoms with Gasteiger partial charge in [0.1, 0.15) is 0 Å². The largest absolute Gasteiger partial charge is 0.306 e. The SMILES string of the molecule is CSC(=N)NC(=O)CC1CC1. The van der Waals surface area contributed by atoms with Crippen molar-refractivity contribution < 1.29 is 4.79 Å². The average Bonchev–Trinajstić information content (AvgIpc) is 2.71. The van der Waals surface area contributed by atoms with Crippen molar-refractivity contribution in [1.29, 1.82) is 5.41 Å². The number of nitrogens with one attached hydrogen (secondary N) is 2. The molecule has 1 aliphatic carbocycles. The molecule has 0 spiro atoms. The van der Waals surface area contributed by atoms with Crippen molar-refractivity contribution in [3.8, 4) is 0 Å². The van der Waals surface area contributed by atoms with Crippen molar-refractivity contribution in [2.45, 2.75) is 19.3 Å². The number of hydrogen-bond acceptors (Lipinski definition) is 3. The van der Waals surface area contributed by atoms with Crippen molar-refractivity contribution in [3.63, 3.8) is 0 Å². The Morgan fingerprint density at radius 2 is 2.36 bits per heavy atom. The number of amides is 1. The summed E-state index contributed by atoms with van der Waals surface area (Å²) in [6.45, 7) is 0. The molecule has 3 nitrogen and oxygen atoms in total. The van der Waals surface area contributed by atoms with E-state index in [1.54, 1.807) is 6.26 Å². The number of hydrogen-bond donors (Lipinski definition) is 2. The number of carbonyl (C=O) groups excluding carboxylic acids is 1. The van der Waals surface area contributed by atoms with E-state index in [-0.39, 0.29) is 11.1 Å². The molecule has 0 unspecified atom stereocenters. The van der Waals surface area contributed by atoms with E-state index in [0.717, 1.165) is 0 Å². The fourth-order valence-corrected chi connectivity index (χ4v) is 1.03. The Bertz CT molecular complexity index is 177.